The SMILES string of the molecule is N#CCCC(c1cccc(Br)c1)n1ccc2cccc(OCc3ccccc3)c21. The molecule has 0 aliphatic carbocycles. The van der Waals surface area contributed by atoms with Gasteiger partial charge in [0, 0.05) is 22.5 Å². The molecule has 0 saturated heterocycles. The van der Waals surface area contributed by atoms with Gasteiger partial charge in [-0.2, -0.15) is 5.26 Å². The van der Waals surface area contributed by atoms with Crippen LogP contribution < -0.4 is 4.74 Å². The van der Waals surface area contributed by atoms with Gasteiger partial charge in [0.05, 0.1) is 17.6 Å². The first kappa shape index (κ1) is 19.3. The fraction of sp³-hybridized carbons (Fsp3) is 0.160. The Labute approximate surface area is 179 Å². The molecule has 3 aromatic carbocycles. The molecule has 0 amide bonds. The van der Waals surface area contributed by atoms with Crippen molar-refractivity contribution < 1.29 is 4.74 Å². The number of hydrogen-bond acceptors (Lipinski definition) is 2. The molecule has 0 spiro atoms. The highest BCUT2D eigenvalue weighted by Gasteiger charge is 2.18. The summed E-state index contributed by atoms with van der Waals surface area (Å²) in [5.74, 6) is 0.855. The summed E-state index contributed by atoms with van der Waals surface area (Å²) in [6.45, 7) is 0.519. The third kappa shape index (κ3) is 4.36. The normalized spacial score (nSPS) is 11.9. The number of rotatable bonds is 7. The fourth-order valence-electron chi connectivity index (χ4n) is 3.68. The molecule has 0 aliphatic heterocycles. The topological polar surface area (TPSA) is 38.0 Å². The maximum atomic E-state index is 9.20. The van der Waals surface area contributed by atoms with Gasteiger partial charge in [0.15, 0.2) is 0 Å². The number of ether oxygens (including phenoxy) is 1. The van der Waals surface area contributed by atoms with E-state index in [-0.39, 0.29) is 6.04 Å². The summed E-state index contributed by atoms with van der Waals surface area (Å²) in [6.07, 6.45) is 3.33. The van der Waals surface area contributed by atoms with E-state index < -0.39 is 0 Å². The van der Waals surface area contributed by atoms with Gasteiger partial charge in [0.2, 0.25) is 0 Å². The molecule has 29 heavy (non-hydrogen) atoms. The molecule has 1 aromatic heterocycles. The summed E-state index contributed by atoms with van der Waals surface area (Å²) in [5, 5.41) is 10.3. The molecule has 0 fully saturated rings. The molecular weight excluding hydrogens is 424 g/mol. The van der Waals surface area contributed by atoms with Crippen molar-refractivity contribution in [3.8, 4) is 11.8 Å². The third-order valence-corrected chi connectivity index (χ3v) is 5.53. The van der Waals surface area contributed by atoms with Gasteiger partial charge in [0.1, 0.15) is 12.4 Å². The number of benzene rings is 3. The zero-order valence-corrected chi connectivity index (χ0v) is 17.5. The minimum Gasteiger partial charge on any atom is -0.487 e. The molecule has 1 unspecified atom stereocenters. The van der Waals surface area contributed by atoms with Crippen molar-refractivity contribution in [1.82, 2.24) is 4.57 Å². The predicted octanol–water partition coefficient (Wildman–Crippen LogP) is 6.88. The van der Waals surface area contributed by atoms with Gasteiger partial charge in [-0.15, -0.1) is 0 Å². The summed E-state index contributed by atoms with van der Waals surface area (Å²) >= 11 is 3.58. The Hall–Kier alpha value is -3.03. The van der Waals surface area contributed by atoms with Gasteiger partial charge >= 0.3 is 0 Å². The Kier molecular flexibility index (Phi) is 5.97. The molecule has 1 heterocycles. The van der Waals surface area contributed by atoms with Crippen LogP contribution in [0.1, 0.15) is 30.0 Å². The van der Waals surface area contributed by atoms with Crippen LogP contribution in [0.3, 0.4) is 0 Å². The van der Waals surface area contributed by atoms with Gasteiger partial charge in [-0.3, -0.25) is 0 Å². The van der Waals surface area contributed by atoms with Crippen LogP contribution in [0.25, 0.3) is 10.9 Å². The number of para-hydroxylation sites is 1. The Morgan fingerprint density at radius 1 is 0.966 bits per heavy atom. The van der Waals surface area contributed by atoms with Crippen LogP contribution in [0, 0.1) is 11.3 Å². The molecule has 4 heteroatoms. The highest BCUT2D eigenvalue weighted by molar-refractivity contribution is 9.10. The molecule has 0 aliphatic rings. The van der Waals surface area contributed by atoms with Crippen molar-refractivity contribution >= 4 is 26.8 Å². The van der Waals surface area contributed by atoms with Crippen molar-refractivity contribution in [3.05, 3.63) is 101 Å². The van der Waals surface area contributed by atoms with E-state index in [0.717, 1.165) is 33.1 Å². The highest BCUT2D eigenvalue weighted by atomic mass is 79.9. The molecule has 4 aromatic rings. The van der Waals surface area contributed by atoms with E-state index in [0.29, 0.717) is 13.0 Å². The molecular formula is C25H21BrN2O. The van der Waals surface area contributed by atoms with Gasteiger partial charge in [-0.05, 0) is 41.8 Å². The van der Waals surface area contributed by atoms with Crippen molar-refractivity contribution in [3.63, 3.8) is 0 Å². The average Bonchev–Trinajstić information content (AvgIpc) is 3.18. The van der Waals surface area contributed by atoms with Crippen LogP contribution in [-0.4, -0.2) is 4.57 Å². The van der Waals surface area contributed by atoms with Gasteiger partial charge in [-0.1, -0.05) is 70.5 Å². The predicted molar refractivity (Wildman–Crippen MR) is 120 cm³/mol. The number of halogens is 1. The summed E-state index contributed by atoms with van der Waals surface area (Å²) in [6, 6.07) is 29.1. The van der Waals surface area contributed by atoms with Crippen LogP contribution in [0.2, 0.25) is 0 Å². The van der Waals surface area contributed by atoms with Crippen LogP contribution >= 0.6 is 15.9 Å². The van der Waals surface area contributed by atoms with Crippen LogP contribution in [0.5, 0.6) is 5.75 Å². The van der Waals surface area contributed by atoms with E-state index in [1.54, 1.807) is 0 Å². The summed E-state index contributed by atoms with van der Waals surface area (Å²) in [7, 11) is 0. The van der Waals surface area contributed by atoms with Crippen LogP contribution in [-0.2, 0) is 6.61 Å². The second-order valence-corrected chi connectivity index (χ2v) is 7.87. The number of fused-ring (bicyclic) bond motifs is 1. The first-order chi connectivity index (χ1) is 14.3. The minimum atomic E-state index is 0.0612. The fourth-order valence-corrected chi connectivity index (χ4v) is 4.10. The second kappa shape index (κ2) is 8.98. The summed E-state index contributed by atoms with van der Waals surface area (Å²) in [5.41, 5.74) is 3.37. The monoisotopic (exact) mass is 444 g/mol. The summed E-state index contributed by atoms with van der Waals surface area (Å²) in [4.78, 5) is 0. The Morgan fingerprint density at radius 3 is 2.59 bits per heavy atom. The Morgan fingerprint density at radius 2 is 1.79 bits per heavy atom. The highest BCUT2D eigenvalue weighted by Crippen LogP contribution is 2.34. The quantitative estimate of drug-likeness (QED) is 0.311. The van der Waals surface area contributed by atoms with Gasteiger partial charge < -0.3 is 9.30 Å². The lowest BCUT2D eigenvalue weighted by atomic mass is 10.0. The molecule has 0 radical (unpaired) electrons. The second-order valence-electron chi connectivity index (χ2n) is 6.96. The lowest BCUT2D eigenvalue weighted by molar-refractivity contribution is 0.308. The van der Waals surface area contributed by atoms with Crippen molar-refractivity contribution in [2.24, 2.45) is 0 Å². The first-order valence-corrected chi connectivity index (χ1v) is 10.4. The van der Waals surface area contributed by atoms with E-state index in [9.17, 15) is 5.26 Å². The third-order valence-electron chi connectivity index (χ3n) is 5.04. The number of aromatic nitrogens is 1. The maximum Gasteiger partial charge on any atom is 0.144 e. The molecule has 0 saturated carbocycles. The zero-order chi connectivity index (χ0) is 20.1. The standard InChI is InChI=1S/C25H21BrN2O/c26-22-11-4-10-21(17-22)23(12-6-15-27)28-16-14-20-9-5-13-24(25(20)28)29-18-19-7-2-1-3-8-19/h1-5,7-11,13-14,16-17,23H,6,12,18H2. The minimum absolute atomic E-state index is 0.0612. The largest absolute Gasteiger partial charge is 0.487 e. The molecule has 0 bridgehead atoms. The van der Waals surface area contributed by atoms with Crippen LogP contribution in [0.4, 0.5) is 0 Å². The maximum absolute atomic E-state index is 9.20. The van der Waals surface area contributed by atoms with E-state index in [1.165, 1.54) is 5.56 Å². The Balaban J connectivity index is 1.74. The number of nitrogens with zero attached hydrogens (tertiary/aromatic N) is 2. The van der Waals surface area contributed by atoms with Crippen LogP contribution in [0.15, 0.2) is 89.5 Å². The van der Waals surface area contributed by atoms with Crippen molar-refractivity contribution in [2.75, 3.05) is 0 Å². The average molecular weight is 445 g/mol. The lowest BCUT2D eigenvalue weighted by Gasteiger charge is -2.21. The Bertz CT molecular complexity index is 1140. The molecule has 144 valence electrons. The van der Waals surface area contributed by atoms with E-state index >= 15 is 0 Å². The number of nitriles is 1. The van der Waals surface area contributed by atoms with E-state index in [1.807, 2.05) is 42.5 Å². The smallest absolute Gasteiger partial charge is 0.144 e. The molecule has 4 rings (SSSR count). The molecule has 3 nitrogen and oxygen atoms in total. The van der Waals surface area contributed by atoms with Crippen molar-refractivity contribution in [2.45, 2.75) is 25.5 Å². The van der Waals surface area contributed by atoms with Crippen molar-refractivity contribution in [1.29, 1.82) is 5.26 Å². The van der Waals surface area contributed by atoms with E-state index in [4.69, 9.17) is 4.74 Å². The lowest BCUT2D eigenvalue weighted by Crippen LogP contribution is -2.10. The van der Waals surface area contributed by atoms with Gasteiger partial charge in [0.25, 0.3) is 0 Å². The molecule has 0 N–H and O–H groups in total. The number of hydrogen-bond donors (Lipinski definition) is 0. The van der Waals surface area contributed by atoms with Gasteiger partial charge in [-0.25, -0.2) is 0 Å². The van der Waals surface area contributed by atoms with E-state index in [2.05, 4.69) is 69.2 Å². The summed E-state index contributed by atoms with van der Waals surface area (Å²) < 4.78 is 9.50. The molecule has 1 atom stereocenters. The first-order valence-electron chi connectivity index (χ1n) is 9.65. The zero-order valence-electron chi connectivity index (χ0n) is 16.0.